The summed E-state index contributed by atoms with van der Waals surface area (Å²) in [4.78, 5) is 0. The minimum Gasteiger partial charge on any atom is -0.396 e. The predicted octanol–water partition coefficient (Wildman–Crippen LogP) is 5.87. The Morgan fingerprint density at radius 1 is 1.15 bits per heavy atom. The van der Waals surface area contributed by atoms with Gasteiger partial charge in [-0.1, -0.05) is 44.1 Å². The summed E-state index contributed by atoms with van der Waals surface area (Å²) in [6.45, 7) is 11.2. The van der Waals surface area contributed by atoms with Crippen LogP contribution in [0.5, 0.6) is 0 Å². The van der Waals surface area contributed by atoms with Crippen molar-refractivity contribution in [3.8, 4) is 0 Å². The molecule has 0 aliphatic heterocycles. The Bertz CT molecular complexity index is 716. The molecule has 3 N–H and O–H groups in total. The van der Waals surface area contributed by atoms with Gasteiger partial charge in [-0.05, 0) is 93.6 Å². The highest BCUT2D eigenvalue weighted by Gasteiger charge is 2.48. The Morgan fingerprint density at radius 3 is 2.67 bits per heavy atom. The summed E-state index contributed by atoms with van der Waals surface area (Å²) in [6, 6.07) is 0. The van der Waals surface area contributed by atoms with Gasteiger partial charge in [-0.15, -0.1) is 0 Å². The molecular formula is C29H48O4. The molecule has 3 aliphatic rings. The van der Waals surface area contributed by atoms with Crippen molar-refractivity contribution >= 4 is 0 Å². The van der Waals surface area contributed by atoms with Crippen LogP contribution in [-0.2, 0) is 4.74 Å². The lowest BCUT2D eigenvalue weighted by atomic mass is 9.62. The summed E-state index contributed by atoms with van der Waals surface area (Å²) in [7, 11) is 0. The summed E-state index contributed by atoms with van der Waals surface area (Å²) in [5.41, 5.74) is 3.69. The number of aliphatic hydroxyl groups excluding tert-OH is 2. The number of aliphatic hydroxyl groups is 3. The minimum atomic E-state index is -0.543. The van der Waals surface area contributed by atoms with E-state index in [1.54, 1.807) is 5.57 Å². The highest BCUT2D eigenvalue weighted by molar-refractivity contribution is 5.37. The molecule has 0 spiro atoms. The van der Waals surface area contributed by atoms with E-state index in [2.05, 4.69) is 25.7 Å². The Kier molecular flexibility index (Phi) is 9.42. The average Bonchev–Trinajstić information content (AvgIpc) is 3.08. The van der Waals surface area contributed by atoms with Gasteiger partial charge in [0, 0.05) is 26.1 Å². The van der Waals surface area contributed by atoms with Crippen LogP contribution in [-0.4, -0.2) is 46.3 Å². The van der Waals surface area contributed by atoms with Crippen LogP contribution < -0.4 is 0 Å². The summed E-state index contributed by atoms with van der Waals surface area (Å²) >= 11 is 0. The van der Waals surface area contributed by atoms with E-state index in [0.717, 1.165) is 29.9 Å². The van der Waals surface area contributed by atoms with Crippen molar-refractivity contribution in [2.24, 2.45) is 17.3 Å². The van der Waals surface area contributed by atoms with Crippen molar-refractivity contribution in [3.63, 3.8) is 0 Å². The second kappa shape index (κ2) is 11.7. The van der Waals surface area contributed by atoms with E-state index in [-0.39, 0.29) is 12.7 Å². The molecular weight excluding hydrogens is 412 g/mol. The van der Waals surface area contributed by atoms with Crippen LogP contribution in [0.25, 0.3) is 0 Å². The summed E-state index contributed by atoms with van der Waals surface area (Å²) in [5, 5.41) is 29.5. The number of hydrogen-bond acceptors (Lipinski definition) is 4. The zero-order chi connectivity index (χ0) is 24.1. The van der Waals surface area contributed by atoms with E-state index >= 15 is 0 Å². The van der Waals surface area contributed by atoms with E-state index in [0.29, 0.717) is 37.2 Å². The van der Waals surface area contributed by atoms with Crippen molar-refractivity contribution in [1.82, 2.24) is 0 Å². The lowest BCUT2D eigenvalue weighted by Gasteiger charge is -2.42. The molecule has 3 fully saturated rings. The largest absolute Gasteiger partial charge is 0.396 e. The van der Waals surface area contributed by atoms with E-state index in [4.69, 9.17) is 9.84 Å². The van der Waals surface area contributed by atoms with Gasteiger partial charge in [-0.3, -0.25) is 0 Å². The van der Waals surface area contributed by atoms with E-state index in [9.17, 15) is 10.2 Å². The Labute approximate surface area is 201 Å². The monoisotopic (exact) mass is 460 g/mol. The second-order valence-electron chi connectivity index (χ2n) is 11.7. The first-order valence-corrected chi connectivity index (χ1v) is 13.3. The number of rotatable bonds is 10. The van der Waals surface area contributed by atoms with Crippen LogP contribution in [0.3, 0.4) is 0 Å². The van der Waals surface area contributed by atoms with Crippen molar-refractivity contribution in [2.75, 3.05) is 13.2 Å². The maximum atomic E-state index is 10.6. The number of ether oxygens (including phenoxy) is 1. The van der Waals surface area contributed by atoms with Crippen molar-refractivity contribution in [3.05, 3.63) is 35.5 Å². The van der Waals surface area contributed by atoms with Gasteiger partial charge in [0.25, 0.3) is 0 Å². The maximum absolute atomic E-state index is 10.6. The molecule has 3 aliphatic carbocycles. The third-order valence-corrected chi connectivity index (χ3v) is 8.65. The van der Waals surface area contributed by atoms with Gasteiger partial charge < -0.3 is 20.1 Å². The van der Waals surface area contributed by atoms with E-state index < -0.39 is 11.7 Å². The molecule has 0 saturated heterocycles. The lowest BCUT2D eigenvalue weighted by molar-refractivity contribution is -0.0446. The molecule has 0 amide bonds. The zero-order valence-electron chi connectivity index (χ0n) is 21.3. The Balaban J connectivity index is 1.59. The summed E-state index contributed by atoms with van der Waals surface area (Å²) in [5.74, 6) is 1.47. The summed E-state index contributed by atoms with van der Waals surface area (Å²) in [6.07, 6.45) is 16.7. The molecule has 4 heteroatoms. The van der Waals surface area contributed by atoms with Crippen molar-refractivity contribution in [1.29, 1.82) is 0 Å². The Morgan fingerprint density at radius 2 is 1.94 bits per heavy atom. The smallest absolute Gasteiger partial charge is 0.0877 e. The van der Waals surface area contributed by atoms with Crippen molar-refractivity contribution in [2.45, 2.75) is 116 Å². The lowest BCUT2D eigenvalue weighted by Crippen LogP contribution is -2.34. The molecule has 0 aromatic carbocycles. The molecule has 0 radical (unpaired) electrons. The van der Waals surface area contributed by atoms with E-state index in [1.165, 1.54) is 44.9 Å². The van der Waals surface area contributed by atoms with Crippen LogP contribution in [0.4, 0.5) is 0 Å². The van der Waals surface area contributed by atoms with Gasteiger partial charge in [-0.2, -0.15) is 0 Å². The number of unbranched alkanes of at least 4 members (excludes halogenated alkanes) is 1. The molecule has 5 atom stereocenters. The van der Waals surface area contributed by atoms with Gasteiger partial charge in [-0.25, -0.2) is 0 Å². The van der Waals surface area contributed by atoms with Crippen LogP contribution in [0.1, 0.15) is 97.8 Å². The molecule has 0 aromatic heterocycles. The van der Waals surface area contributed by atoms with Gasteiger partial charge in [0.15, 0.2) is 0 Å². The average molecular weight is 461 g/mol. The van der Waals surface area contributed by atoms with Gasteiger partial charge in [0.2, 0.25) is 0 Å². The van der Waals surface area contributed by atoms with Crippen LogP contribution in [0, 0.1) is 17.3 Å². The first kappa shape index (κ1) is 26.7. The first-order valence-electron chi connectivity index (χ1n) is 13.3. The van der Waals surface area contributed by atoms with Crippen LogP contribution in [0.15, 0.2) is 35.5 Å². The summed E-state index contributed by atoms with van der Waals surface area (Å²) < 4.78 is 5.76. The molecule has 4 nitrogen and oxygen atoms in total. The molecule has 0 heterocycles. The highest BCUT2D eigenvalue weighted by atomic mass is 16.5. The van der Waals surface area contributed by atoms with Gasteiger partial charge >= 0.3 is 0 Å². The Hall–Kier alpha value is -0.940. The van der Waals surface area contributed by atoms with Crippen LogP contribution in [0.2, 0.25) is 0 Å². The second-order valence-corrected chi connectivity index (χ2v) is 11.7. The van der Waals surface area contributed by atoms with E-state index in [1.807, 2.05) is 13.8 Å². The molecule has 188 valence electrons. The molecule has 3 saturated carbocycles. The molecule has 0 unspecified atom stereocenters. The van der Waals surface area contributed by atoms with Gasteiger partial charge in [0.05, 0.1) is 17.8 Å². The number of hydrogen-bond donors (Lipinski definition) is 3. The first-order chi connectivity index (χ1) is 15.6. The van der Waals surface area contributed by atoms with Crippen LogP contribution >= 0.6 is 0 Å². The molecule has 0 bridgehead atoms. The number of allylic oxidation sites excluding steroid dienone is 3. The SMILES string of the molecule is C=C1C[C@H](OCCCO)[C@H](O)C/C1=C/C=C1\CCC[C@]2(C)[C@@H](CCCCC(C)(C)O)CC[C@@H]12. The third kappa shape index (κ3) is 7.04. The fraction of sp³-hybridized carbons (Fsp3) is 0.793. The van der Waals surface area contributed by atoms with Gasteiger partial charge in [0.1, 0.15) is 0 Å². The topological polar surface area (TPSA) is 69.9 Å². The fourth-order valence-corrected chi connectivity index (χ4v) is 6.64. The van der Waals surface area contributed by atoms with Crippen molar-refractivity contribution < 1.29 is 20.1 Å². The normalized spacial score (nSPS) is 35.4. The highest BCUT2D eigenvalue weighted by Crippen LogP contribution is 2.58. The third-order valence-electron chi connectivity index (χ3n) is 8.65. The standard InChI is InChI=1S/C29H48O4/c1-21-19-27(33-18-8-17-30)26(31)20-23(21)12-11-22-9-7-16-29(4)24(13-14-25(22)29)10-5-6-15-28(2,3)32/h11-12,24-27,30-32H,1,5-10,13-20H2,2-4H3/b22-11+,23-12-/t24-,25-,26+,27-,29+/m0/s1. The fourth-order valence-electron chi connectivity index (χ4n) is 6.64. The number of fused-ring (bicyclic) bond motifs is 1. The predicted molar refractivity (Wildman–Crippen MR) is 135 cm³/mol. The molecule has 0 aromatic rings. The quantitative estimate of drug-likeness (QED) is 0.357. The molecule has 33 heavy (non-hydrogen) atoms. The molecule has 3 rings (SSSR count). The zero-order valence-corrected chi connectivity index (χ0v) is 21.3. The minimum absolute atomic E-state index is 0.115. The maximum Gasteiger partial charge on any atom is 0.0877 e.